The van der Waals surface area contributed by atoms with E-state index in [0.29, 0.717) is 31.9 Å². The van der Waals surface area contributed by atoms with Crippen molar-refractivity contribution in [1.29, 1.82) is 0 Å². The Morgan fingerprint density at radius 1 is 1.19 bits per heavy atom. The summed E-state index contributed by atoms with van der Waals surface area (Å²) in [4.78, 5) is 26.2. The number of carbonyl (C=O) groups excluding carboxylic acids is 2. The Labute approximate surface area is 203 Å². The Bertz CT molecular complexity index is 1220. The highest BCUT2D eigenvalue weighted by Gasteiger charge is 2.28. The fourth-order valence-electron chi connectivity index (χ4n) is 3.48. The number of esters is 1. The zero-order chi connectivity index (χ0) is 22.8. The van der Waals surface area contributed by atoms with E-state index in [9.17, 15) is 9.59 Å². The summed E-state index contributed by atoms with van der Waals surface area (Å²) in [6, 6.07) is 8.25. The number of carbonyl (C=O) groups is 2. The molecular formula is C22H18Cl2N2O4S2. The average Bonchev–Trinajstić information content (AvgIpc) is 3.46. The molecule has 4 rings (SSSR count). The summed E-state index contributed by atoms with van der Waals surface area (Å²) in [5.74, 6) is -0.363. The highest BCUT2D eigenvalue weighted by molar-refractivity contribution is 7.80. The molecule has 0 spiro atoms. The van der Waals surface area contributed by atoms with E-state index in [1.807, 2.05) is 0 Å². The van der Waals surface area contributed by atoms with E-state index < -0.39 is 5.91 Å². The smallest absolute Gasteiger partial charge is 0.341 e. The molecule has 32 heavy (non-hydrogen) atoms. The first-order valence-electron chi connectivity index (χ1n) is 9.86. The third kappa shape index (κ3) is 4.68. The minimum Gasteiger partial charge on any atom is -0.462 e. The molecule has 0 unspecified atom stereocenters. The number of hydrogen-bond donors (Lipinski definition) is 2. The Kier molecular flexibility index (Phi) is 6.85. The van der Waals surface area contributed by atoms with Gasteiger partial charge in [0.1, 0.15) is 10.8 Å². The third-order valence-electron chi connectivity index (χ3n) is 4.89. The van der Waals surface area contributed by atoms with Crippen molar-refractivity contribution >= 4 is 68.7 Å². The van der Waals surface area contributed by atoms with Crippen LogP contribution in [0.5, 0.6) is 0 Å². The van der Waals surface area contributed by atoms with Crippen LogP contribution < -0.4 is 10.6 Å². The van der Waals surface area contributed by atoms with Crippen LogP contribution in [-0.2, 0) is 17.6 Å². The standard InChI is InChI=1S/C22H18Cl2N2O4S2/c1-2-29-21(28)18-12-4-3-5-17(12)32-20(18)26-22(31)25-19(27)16-9-8-15(30-16)11-6-7-13(23)14(24)10-11/h6-10H,2-5H2,1H3,(H2,25,26,27,31). The van der Waals surface area contributed by atoms with E-state index in [2.05, 4.69) is 10.6 Å². The van der Waals surface area contributed by atoms with Gasteiger partial charge >= 0.3 is 5.97 Å². The van der Waals surface area contributed by atoms with Crippen LogP contribution in [0, 0.1) is 0 Å². The second kappa shape index (κ2) is 9.62. The minimum absolute atomic E-state index is 0.0629. The summed E-state index contributed by atoms with van der Waals surface area (Å²) < 4.78 is 10.9. The lowest BCUT2D eigenvalue weighted by Gasteiger charge is -2.10. The molecule has 166 valence electrons. The van der Waals surface area contributed by atoms with Gasteiger partial charge in [0.05, 0.1) is 22.2 Å². The number of thiophene rings is 1. The van der Waals surface area contributed by atoms with Gasteiger partial charge in [0, 0.05) is 10.4 Å². The zero-order valence-electron chi connectivity index (χ0n) is 16.9. The first-order valence-corrected chi connectivity index (χ1v) is 11.8. The molecule has 1 aromatic carbocycles. The lowest BCUT2D eigenvalue weighted by atomic mass is 10.1. The predicted molar refractivity (Wildman–Crippen MR) is 130 cm³/mol. The normalized spacial score (nSPS) is 12.3. The number of hydrogen-bond acceptors (Lipinski definition) is 6. The Morgan fingerprint density at radius 2 is 2.00 bits per heavy atom. The average molecular weight is 509 g/mol. The lowest BCUT2D eigenvalue weighted by Crippen LogP contribution is -2.34. The van der Waals surface area contributed by atoms with Gasteiger partial charge in [0.2, 0.25) is 0 Å². The van der Waals surface area contributed by atoms with Gasteiger partial charge in [-0.1, -0.05) is 23.2 Å². The van der Waals surface area contributed by atoms with Gasteiger partial charge in [0.15, 0.2) is 10.9 Å². The van der Waals surface area contributed by atoms with E-state index >= 15 is 0 Å². The van der Waals surface area contributed by atoms with Gasteiger partial charge in [-0.3, -0.25) is 10.1 Å². The minimum atomic E-state index is -0.518. The van der Waals surface area contributed by atoms with Crippen LogP contribution in [0.3, 0.4) is 0 Å². The highest BCUT2D eigenvalue weighted by atomic mass is 35.5. The van der Waals surface area contributed by atoms with E-state index in [4.69, 9.17) is 44.6 Å². The number of ether oxygens (including phenoxy) is 1. The van der Waals surface area contributed by atoms with Crippen molar-refractivity contribution in [3.05, 3.63) is 62.1 Å². The summed E-state index contributed by atoms with van der Waals surface area (Å²) in [6.45, 7) is 2.04. The number of nitrogens with one attached hydrogen (secondary N) is 2. The molecule has 0 aliphatic heterocycles. The number of benzene rings is 1. The molecule has 2 N–H and O–H groups in total. The van der Waals surface area contributed by atoms with Crippen molar-refractivity contribution in [3.8, 4) is 11.3 Å². The number of anilines is 1. The number of fused-ring (bicyclic) bond motifs is 1. The molecule has 0 saturated carbocycles. The van der Waals surface area contributed by atoms with Gasteiger partial charge in [0.25, 0.3) is 5.91 Å². The Hall–Kier alpha value is -2.39. The van der Waals surface area contributed by atoms with Crippen molar-refractivity contribution in [1.82, 2.24) is 5.32 Å². The third-order valence-corrected chi connectivity index (χ3v) is 7.04. The molecule has 1 aliphatic carbocycles. The monoisotopic (exact) mass is 508 g/mol. The molecule has 2 aromatic heterocycles. The van der Waals surface area contributed by atoms with E-state index in [-0.39, 0.29) is 23.4 Å². The maximum absolute atomic E-state index is 12.6. The van der Waals surface area contributed by atoms with Gasteiger partial charge in [-0.05, 0) is 74.3 Å². The Balaban J connectivity index is 1.46. The maximum Gasteiger partial charge on any atom is 0.341 e. The number of halogens is 2. The summed E-state index contributed by atoms with van der Waals surface area (Å²) in [5.41, 5.74) is 2.19. The lowest BCUT2D eigenvalue weighted by molar-refractivity contribution is 0.0527. The number of rotatable bonds is 5. The molecular weight excluding hydrogens is 491 g/mol. The molecule has 0 atom stereocenters. The van der Waals surface area contributed by atoms with Crippen LogP contribution in [0.1, 0.15) is 44.7 Å². The number of furan rings is 1. The molecule has 0 radical (unpaired) electrons. The van der Waals surface area contributed by atoms with Crippen LogP contribution in [0.15, 0.2) is 34.7 Å². The van der Waals surface area contributed by atoms with Crippen LogP contribution >= 0.6 is 46.8 Å². The summed E-state index contributed by atoms with van der Waals surface area (Å²) >= 11 is 18.8. The quantitative estimate of drug-likeness (QED) is 0.319. The van der Waals surface area contributed by atoms with Crippen molar-refractivity contribution in [2.45, 2.75) is 26.2 Å². The van der Waals surface area contributed by atoms with Crippen molar-refractivity contribution < 1.29 is 18.7 Å². The van der Waals surface area contributed by atoms with Crippen molar-refractivity contribution in [2.75, 3.05) is 11.9 Å². The number of thiocarbonyl (C=S) groups is 1. The molecule has 0 fully saturated rings. The van der Waals surface area contributed by atoms with Crippen molar-refractivity contribution in [2.24, 2.45) is 0 Å². The molecule has 0 bridgehead atoms. The molecule has 10 heteroatoms. The van der Waals surface area contributed by atoms with Gasteiger partial charge < -0.3 is 14.5 Å². The molecule has 2 heterocycles. The fourth-order valence-corrected chi connectivity index (χ4v) is 5.31. The van der Waals surface area contributed by atoms with Crippen LogP contribution in [0.4, 0.5) is 5.00 Å². The fraction of sp³-hybridized carbons (Fsp3) is 0.227. The van der Waals surface area contributed by atoms with Crippen LogP contribution in [-0.4, -0.2) is 23.6 Å². The summed E-state index contributed by atoms with van der Waals surface area (Å²) in [6.07, 6.45) is 2.75. The first kappa shape index (κ1) is 22.8. The second-order valence-corrected chi connectivity index (χ2v) is 9.31. The van der Waals surface area contributed by atoms with E-state index in [1.54, 1.807) is 37.3 Å². The zero-order valence-corrected chi connectivity index (χ0v) is 20.1. The topological polar surface area (TPSA) is 80.6 Å². The molecule has 6 nitrogen and oxygen atoms in total. The largest absolute Gasteiger partial charge is 0.462 e. The number of aryl methyl sites for hydroxylation is 1. The molecule has 1 amide bonds. The van der Waals surface area contributed by atoms with Crippen molar-refractivity contribution in [3.63, 3.8) is 0 Å². The van der Waals surface area contributed by atoms with E-state index in [0.717, 1.165) is 29.7 Å². The summed E-state index contributed by atoms with van der Waals surface area (Å²) in [7, 11) is 0. The van der Waals surface area contributed by atoms with Crippen LogP contribution in [0.25, 0.3) is 11.3 Å². The highest BCUT2D eigenvalue weighted by Crippen LogP contribution is 2.39. The maximum atomic E-state index is 12.6. The SMILES string of the molecule is CCOC(=O)c1c(NC(=S)NC(=O)c2ccc(-c3ccc(Cl)c(Cl)c3)o2)sc2c1CCC2. The molecule has 1 aliphatic rings. The predicted octanol–water partition coefficient (Wildman–Crippen LogP) is 6.11. The Morgan fingerprint density at radius 3 is 2.75 bits per heavy atom. The van der Waals surface area contributed by atoms with Gasteiger partial charge in [-0.2, -0.15) is 0 Å². The molecule has 0 saturated heterocycles. The summed E-state index contributed by atoms with van der Waals surface area (Å²) in [5, 5.41) is 7.02. The van der Waals surface area contributed by atoms with Gasteiger partial charge in [-0.25, -0.2) is 4.79 Å². The van der Waals surface area contributed by atoms with E-state index in [1.165, 1.54) is 11.3 Å². The van der Waals surface area contributed by atoms with Crippen LogP contribution in [0.2, 0.25) is 10.0 Å². The first-order chi connectivity index (χ1) is 15.4. The molecule has 3 aromatic rings. The number of amides is 1. The van der Waals surface area contributed by atoms with Gasteiger partial charge in [-0.15, -0.1) is 11.3 Å². The second-order valence-electron chi connectivity index (χ2n) is 6.98.